The SMILES string of the molecule is O=C(O)NC1CN(C2CCCCC2)c2ccccc2NC1=O. The minimum Gasteiger partial charge on any atom is -0.465 e. The van der Waals surface area contributed by atoms with Crippen LogP contribution in [0.4, 0.5) is 16.2 Å². The number of hydrogen-bond acceptors (Lipinski definition) is 3. The van der Waals surface area contributed by atoms with Gasteiger partial charge in [0.25, 0.3) is 0 Å². The van der Waals surface area contributed by atoms with Gasteiger partial charge in [-0.25, -0.2) is 4.79 Å². The molecule has 1 aromatic carbocycles. The zero-order chi connectivity index (χ0) is 15.5. The monoisotopic (exact) mass is 303 g/mol. The van der Waals surface area contributed by atoms with Crippen molar-refractivity contribution in [1.29, 1.82) is 0 Å². The van der Waals surface area contributed by atoms with Crippen LogP contribution < -0.4 is 15.5 Å². The average molecular weight is 303 g/mol. The third kappa shape index (κ3) is 3.00. The summed E-state index contributed by atoms with van der Waals surface area (Å²) in [6.45, 7) is 0.375. The normalized spacial score (nSPS) is 22.5. The van der Waals surface area contributed by atoms with Crippen LogP contribution in [0.25, 0.3) is 0 Å². The molecule has 6 nitrogen and oxygen atoms in total. The van der Waals surface area contributed by atoms with Crippen LogP contribution in [0.1, 0.15) is 32.1 Å². The lowest BCUT2D eigenvalue weighted by Gasteiger charge is -2.37. The summed E-state index contributed by atoms with van der Waals surface area (Å²) in [5, 5.41) is 14.2. The van der Waals surface area contributed by atoms with Crippen molar-refractivity contribution in [3.63, 3.8) is 0 Å². The van der Waals surface area contributed by atoms with Crippen molar-refractivity contribution in [1.82, 2.24) is 5.32 Å². The summed E-state index contributed by atoms with van der Waals surface area (Å²) in [6, 6.07) is 7.29. The Hall–Kier alpha value is -2.24. The van der Waals surface area contributed by atoms with E-state index >= 15 is 0 Å². The van der Waals surface area contributed by atoms with E-state index in [0.717, 1.165) is 24.2 Å². The van der Waals surface area contributed by atoms with Gasteiger partial charge in [-0.3, -0.25) is 4.79 Å². The van der Waals surface area contributed by atoms with Gasteiger partial charge in [0.05, 0.1) is 11.4 Å². The summed E-state index contributed by atoms with van der Waals surface area (Å²) in [4.78, 5) is 25.5. The zero-order valence-electron chi connectivity index (χ0n) is 12.4. The molecule has 3 N–H and O–H groups in total. The first-order chi connectivity index (χ1) is 10.6. The summed E-state index contributed by atoms with van der Waals surface area (Å²) in [5.41, 5.74) is 1.74. The van der Waals surface area contributed by atoms with Crippen molar-refractivity contribution >= 4 is 23.4 Å². The highest BCUT2D eigenvalue weighted by molar-refractivity contribution is 6.01. The topological polar surface area (TPSA) is 81.7 Å². The minimum atomic E-state index is -1.17. The number of para-hydroxylation sites is 2. The Balaban J connectivity index is 1.92. The number of nitrogens with one attached hydrogen (secondary N) is 2. The van der Waals surface area contributed by atoms with Gasteiger partial charge >= 0.3 is 6.09 Å². The Labute approximate surface area is 129 Å². The molecule has 1 atom stereocenters. The van der Waals surface area contributed by atoms with E-state index in [2.05, 4.69) is 15.5 Å². The van der Waals surface area contributed by atoms with Crippen molar-refractivity contribution in [2.45, 2.75) is 44.2 Å². The zero-order valence-corrected chi connectivity index (χ0v) is 12.4. The summed E-state index contributed by atoms with van der Waals surface area (Å²) >= 11 is 0. The highest BCUT2D eigenvalue weighted by atomic mass is 16.4. The molecule has 1 unspecified atom stereocenters. The summed E-state index contributed by atoms with van der Waals surface area (Å²) in [6.07, 6.45) is 4.61. The predicted octanol–water partition coefficient (Wildman–Crippen LogP) is 2.41. The lowest BCUT2D eigenvalue weighted by Crippen LogP contribution is -2.51. The molecular formula is C16H21N3O3. The fourth-order valence-electron chi connectivity index (χ4n) is 3.43. The molecule has 1 saturated carbocycles. The van der Waals surface area contributed by atoms with Gasteiger partial charge < -0.3 is 20.6 Å². The molecular weight excluding hydrogens is 282 g/mol. The van der Waals surface area contributed by atoms with Gasteiger partial charge in [0.1, 0.15) is 6.04 Å². The Morgan fingerprint density at radius 2 is 1.95 bits per heavy atom. The van der Waals surface area contributed by atoms with Crippen molar-refractivity contribution < 1.29 is 14.7 Å². The van der Waals surface area contributed by atoms with Crippen LogP contribution in [-0.4, -0.2) is 35.7 Å². The first-order valence-corrected chi connectivity index (χ1v) is 7.81. The molecule has 22 heavy (non-hydrogen) atoms. The number of hydrogen-bond donors (Lipinski definition) is 3. The highest BCUT2D eigenvalue weighted by Gasteiger charge is 2.32. The number of fused-ring (bicyclic) bond motifs is 1. The van der Waals surface area contributed by atoms with E-state index < -0.39 is 12.1 Å². The van der Waals surface area contributed by atoms with Crippen LogP contribution in [0.5, 0.6) is 0 Å². The molecule has 3 rings (SSSR count). The molecule has 6 heteroatoms. The van der Waals surface area contributed by atoms with Gasteiger partial charge in [0, 0.05) is 12.6 Å². The van der Waals surface area contributed by atoms with E-state index in [9.17, 15) is 9.59 Å². The van der Waals surface area contributed by atoms with Crippen molar-refractivity contribution in [2.24, 2.45) is 0 Å². The van der Waals surface area contributed by atoms with Crippen LogP contribution in [0.2, 0.25) is 0 Å². The highest BCUT2D eigenvalue weighted by Crippen LogP contribution is 2.34. The molecule has 1 fully saturated rings. The van der Waals surface area contributed by atoms with Crippen molar-refractivity contribution in [3.8, 4) is 0 Å². The quantitative estimate of drug-likeness (QED) is 0.783. The summed E-state index contributed by atoms with van der Waals surface area (Å²) < 4.78 is 0. The van der Waals surface area contributed by atoms with Gasteiger partial charge in [0.15, 0.2) is 0 Å². The third-order valence-corrected chi connectivity index (χ3v) is 4.48. The maximum absolute atomic E-state index is 12.3. The molecule has 2 amide bonds. The average Bonchev–Trinajstić information content (AvgIpc) is 2.65. The first kappa shape index (κ1) is 14.7. The van der Waals surface area contributed by atoms with Gasteiger partial charge in [0.2, 0.25) is 5.91 Å². The van der Waals surface area contributed by atoms with E-state index in [1.165, 1.54) is 19.3 Å². The maximum atomic E-state index is 12.3. The maximum Gasteiger partial charge on any atom is 0.405 e. The largest absolute Gasteiger partial charge is 0.465 e. The molecule has 118 valence electrons. The Bertz CT molecular complexity index is 570. The Kier molecular flexibility index (Phi) is 4.18. The Morgan fingerprint density at radius 1 is 1.23 bits per heavy atom. The second kappa shape index (κ2) is 6.25. The third-order valence-electron chi connectivity index (χ3n) is 4.48. The van der Waals surface area contributed by atoms with Gasteiger partial charge in [-0.05, 0) is 25.0 Å². The van der Waals surface area contributed by atoms with E-state index in [-0.39, 0.29) is 5.91 Å². The standard InChI is InChI=1S/C16H21N3O3/c20-15-13(18-16(21)22)10-19(11-6-2-1-3-7-11)14-9-5-4-8-12(14)17-15/h4-5,8-9,11,13,18H,1-3,6-7,10H2,(H,17,20)(H,21,22). The molecule has 0 bridgehead atoms. The molecule has 0 aromatic heterocycles. The van der Waals surface area contributed by atoms with Crippen molar-refractivity contribution in [2.75, 3.05) is 16.8 Å². The number of rotatable bonds is 2. The van der Waals surface area contributed by atoms with Crippen LogP contribution in [0, 0.1) is 0 Å². The minimum absolute atomic E-state index is 0.298. The first-order valence-electron chi connectivity index (χ1n) is 7.81. The second-order valence-electron chi connectivity index (χ2n) is 5.95. The second-order valence-corrected chi connectivity index (χ2v) is 5.95. The van der Waals surface area contributed by atoms with E-state index in [4.69, 9.17) is 5.11 Å². The smallest absolute Gasteiger partial charge is 0.405 e. The number of carbonyl (C=O) groups is 2. The van der Waals surface area contributed by atoms with E-state index in [1.807, 2.05) is 24.3 Å². The lowest BCUT2D eigenvalue weighted by molar-refractivity contribution is -0.117. The number of carboxylic acid groups (broad SMARTS) is 1. The van der Waals surface area contributed by atoms with Crippen LogP contribution in [0.3, 0.4) is 0 Å². The van der Waals surface area contributed by atoms with Crippen LogP contribution in [0.15, 0.2) is 24.3 Å². The van der Waals surface area contributed by atoms with Gasteiger partial charge in [-0.2, -0.15) is 0 Å². The number of nitrogens with zero attached hydrogens (tertiary/aromatic N) is 1. The van der Waals surface area contributed by atoms with Gasteiger partial charge in [-0.1, -0.05) is 31.4 Å². The molecule has 0 saturated heterocycles. The summed E-state index contributed by atoms with van der Waals surface area (Å²) in [5.74, 6) is -0.298. The van der Waals surface area contributed by atoms with Crippen LogP contribution >= 0.6 is 0 Å². The molecule has 2 aliphatic rings. The number of anilines is 2. The number of benzene rings is 1. The van der Waals surface area contributed by atoms with Gasteiger partial charge in [-0.15, -0.1) is 0 Å². The molecule has 1 heterocycles. The van der Waals surface area contributed by atoms with E-state index in [0.29, 0.717) is 12.6 Å². The molecule has 1 aliphatic carbocycles. The number of amides is 2. The van der Waals surface area contributed by atoms with Crippen molar-refractivity contribution in [3.05, 3.63) is 24.3 Å². The molecule has 1 aliphatic heterocycles. The predicted molar refractivity (Wildman–Crippen MR) is 84.2 cm³/mol. The molecule has 0 radical (unpaired) electrons. The molecule has 1 aromatic rings. The number of carbonyl (C=O) groups excluding carboxylic acids is 1. The Morgan fingerprint density at radius 3 is 2.68 bits per heavy atom. The fourth-order valence-corrected chi connectivity index (χ4v) is 3.43. The summed E-state index contributed by atoms with van der Waals surface area (Å²) in [7, 11) is 0. The van der Waals surface area contributed by atoms with E-state index in [1.54, 1.807) is 0 Å². The fraction of sp³-hybridized carbons (Fsp3) is 0.500. The van der Waals surface area contributed by atoms with Crippen LogP contribution in [-0.2, 0) is 4.79 Å². The molecule has 0 spiro atoms. The lowest BCUT2D eigenvalue weighted by atomic mass is 9.93.